The van der Waals surface area contributed by atoms with Crippen LogP contribution >= 0.6 is 11.3 Å². The maximum atomic E-state index is 8.46. The molecule has 7 rings (SSSR count). The monoisotopic (exact) mass is 840 g/mol. The summed E-state index contributed by atoms with van der Waals surface area (Å²) in [5, 5.41) is 3.94. The Balaban J connectivity index is 0.000000233. The van der Waals surface area contributed by atoms with Gasteiger partial charge in [0.15, 0.2) is 0 Å². The van der Waals surface area contributed by atoms with Crippen molar-refractivity contribution < 1.29 is 21.5 Å². The third-order valence-electron chi connectivity index (χ3n) is 8.61. The van der Waals surface area contributed by atoms with Gasteiger partial charge >= 0.3 is 0 Å². The fraction of sp³-hybridized carbons (Fsp3) is 0.209. The summed E-state index contributed by atoms with van der Waals surface area (Å²) in [4.78, 5) is 9.20. The predicted molar refractivity (Wildman–Crippen MR) is 207 cm³/mol. The minimum atomic E-state index is -1.23. The molecule has 3 heterocycles. The van der Waals surface area contributed by atoms with E-state index in [1.54, 1.807) is 11.3 Å². The molecule has 0 amide bonds. The number of rotatable bonds is 5. The number of aromatic nitrogens is 2. The van der Waals surface area contributed by atoms with Crippen molar-refractivity contribution in [3.63, 3.8) is 0 Å². The molecule has 0 fully saturated rings. The van der Waals surface area contributed by atoms with Gasteiger partial charge in [0.05, 0.1) is 8.07 Å². The van der Waals surface area contributed by atoms with Crippen molar-refractivity contribution in [2.45, 2.75) is 60.2 Å². The summed E-state index contributed by atoms with van der Waals surface area (Å²) in [6, 6.07) is 38.3. The molecule has 0 unspecified atom stereocenters. The second-order valence-electron chi connectivity index (χ2n) is 13.5. The molecule has 0 aliphatic carbocycles. The summed E-state index contributed by atoms with van der Waals surface area (Å²) in [7, 11) is -1.23. The topological polar surface area (TPSA) is 25.8 Å². The third-order valence-corrected chi connectivity index (χ3v) is 11.8. The van der Waals surface area contributed by atoms with Crippen LogP contribution in [0.3, 0.4) is 0 Å². The first kappa shape index (κ1) is 34.1. The number of pyridine rings is 2. The molecule has 4 aromatic carbocycles. The van der Waals surface area contributed by atoms with Crippen molar-refractivity contribution in [3.05, 3.63) is 138 Å². The average Bonchev–Trinajstić information content (AvgIpc) is 3.44. The standard InChI is InChI=1S/C29H26NS.C14H16NSi.Ir/c1-17(2)21-12-13-30-25(16-21)22-10-11-24(27-19(4)14-18(3)15-20(27)5)28-23-8-6-7-9-26(23)31-29(22)28;1-16(2,3)13-9-10-14(15-11-13)12-7-5-4-6-8-12;/h6-9,11-17H,1-5H3;4-7,9-11H,1-3H3;/q2*-1;/i17D;;. The van der Waals surface area contributed by atoms with Gasteiger partial charge in [0.25, 0.3) is 0 Å². The molecule has 2 nitrogen and oxygen atoms in total. The van der Waals surface area contributed by atoms with Crippen LogP contribution in [-0.2, 0) is 20.1 Å². The van der Waals surface area contributed by atoms with Crippen LogP contribution in [0.1, 0.15) is 43.4 Å². The third kappa shape index (κ3) is 7.45. The Bertz CT molecular complexity index is 2210. The van der Waals surface area contributed by atoms with Gasteiger partial charge in [0.1, 0.15) is 0 Å². The fourth-order valence-corrected chi connectivity index (χ4v) is 8.46. The second-order valence-corrected chi connectivity index (χ2v) is 19.7. The van der Waals surface area contributed by atoms with E-state index in [0.29, 0.717) is 0 Å². The molecule has 3 aromatic heterocycles. The van der Waals surface area contributed by atoms with Gasteiger partial charge in [-0.1, -0.05) is 121 Å². The summed E-state index contributed by atoms with van der Waals surface area (Å²) < 4.78 is 10.9. The van der Waals surface area contributed by atoms with Crippen LogP contribution in [0.4, 0.5) is 0 Å². The SMILES string of the molecule is C[Si](C)(C)c1ccc(-c2[c-]cccc2)nc1.[2H]C(C)(C)c1ccnc(-c2[c-]cc(-c3c(C)cc(C)cc3C)c3c2sc2ccccc23)c1.[Ir]. The zero-order valence-corrected chi connectivity index (χ0v) is 33.2. The maximum Gasteiger partial charge on any atom is 0.0795 e. The van der Waals surface area contributed by atoms with Crippen LogP contribution in [0.15, 0.2) is 103 Å². The van der Waals surface area contributed by atoms with Crippen LogP contribution in [-0.4, -0.2) is 18.0 Å². The van der Waals surface area contributed by atoms with Crippen molar-refractivity contribution in [2.24, 2.45) is 0 Å². The van der Waals surface area contributed by atoms with Crippen molar-refractivity contribution >= 4 is 44.8 Å². The first-order chi connectivity index (χ1) is 22.8. The molecule has 0 N–H and O–H groups in total. The molecule has 0 spiro atoms. The van der Waals surface area contributed by atoms with Gasteiger partial charge in [-0.2, -0.15) is 11.3 Å². The molecular weight excluding hydrogens is 797 g/mol. The van der Waals surface area contributed by atoms with E-state index >= 15 is 0 Å². The first-order valence-electron chi connectivity index (χ1n) is 16.7. The molecular formula is C43H42IrN2SSi-2. The molecule has 0 saturated carbocycles. The Hall–Kier alpha value is -3.73. The molecule has 0 bridgehead atoms. The summed E-state index contributed by atoms with van der Waals surface area (Å²) in [6.45, 7) is 17.4. The van der Waals surface area contributed by atoms with Crippen LogP contribution in [0.25, 0.3) is 53.8 Å². The molecule has 0 saturated heterocycles. The first-order valence-corrected chi connectivity index (χ1v) is 20.5. The summed E-state index contributed by atoms with van der Waals surface area (Å²) in [5.74, 6) is -0.674. The Labute approximate surface area is 306 Å². The number of hydrogen-bond donors (Lipinski definition) is 0. The van der Waals surface area contributed by atoms with Crippen molar-refractivity contribution in [2.75, 3.05) is 0 Å². The van der Waals surface area contributed by atoms with Gasteiger partial charge in [-0.25, -0.2) is 0 Å². The number of fused-ring (bicyclic) bond motifs is 3. The van der Waals surface area contributed by atoms with Crippen LogP contribution in [0.5, 0.6) is 0 Å². The Kier molecular flexibility index (Phi) is 10.5. The number of aryl methyl sites for hydroxylation is 3. The average molecular weight is 840 g/mol. The maximum absolute atomic E-state index is 8.46. The van der Waals surface area contributed by atoms with Gasteiger partial charge in [-0.3, -0.25) is 0 Å². The number of benzene rings is 4. The van der Waals surface area contributed by atoms with Crippen LogP contribution in [0, 0.1) is 32.9 Å². The molecule has 7 aromatic rings. The normalized spacial score (nSPS) is 11.9. The van der Waals surface area contributed by atoms with Gasteiger partial charge in [0, 0.05) is 38.6 Å². The quantitative estimate of drug-likeness (QED) is 0.127. The van der Waals surface area contributed by atoms with E-state index < -0.39 is 14.0 Å². The minimum Gasteiger partial charge on any atom is -0.305 e. The number of hydrogen-bond acceptors (Lipinski definition) is 3. The Morgan fingerprint density at radius 2 is 1.54 bits per heavy atom. The zero-order chi connectivity index (χ0) is 34.2. The van der Waals surface area contributed by atoms with Crippen molar-refractivity contribution in [1.82, 2.24) is 9.97 Å². The second kappa shape index (κ2) is 14.8. The Morgan fingerprint density at radius 1 is 0.812 bits per heavy atom. The molecule has 48 heavy (non-hydrogen) atoms. The number of thiophene rings is 1. The van der Waals surface area contributed by atoms with Gasteiger partial charge in [-0.05, 0) is 65.5 Å². The van der Waals surface area contributed by atoms with Crippen molar-refractivity contribution in [1.29, 1.82) is 0 Å². The van der Waals surface area contributed by atoms with Gasteiger partial charge < -0.3 is 9.97 Å². The van der Waals surface area contributed by atoms with Gasteiger partial charge in [-0.15, -0.1) is 53.6 Å². The van der Waals surface area contributed by atoms with E-state index in [4.69, 9.17) is 1.37 Å². The van der Waals surface area contributed by atoms with E-state index in [1.165, 1.54) is 53.2 Å². The molecule has 0 aliphatic rings. The van der Waals surface area contributed by atoms with Crippen molar-refractivity contribution in [3.8, 4) is 33.6 Å². The van der Waals surface area contributed by atoms with Gasteiger partial charge in [0.2, 0.25) is 0 Å². The van der Waals surface area contributed by atoms with E-state index in [9.17, 15) is 0 Å². The smallest absolute Gasteiger partial charge is 0.0795 e. The summed E-state index contributed by atoms with van der Waals surface area (Å²) in [6.07, 6.45) is 3.83. The molecule has 5 heteroatoms. The number of nitrogens with zero attached hydrogens (tertiary/aromatic N) is 2. The largest absolute Gasteiger partial charge is 0.305 e. The predicted octanol–water partition coefficient (Wildman–Crippen LogP) is 11.7. The Morgan fingerprint density at radius 3 is 2.19 bits per heavy atom. The van der Waals surface area contributed by atoms with E-state index in [0.717, 1.165) is 28.1 Å². The zero-order valence-electron chi connectivity index (χ0n) is 30.0. The molecule has 1 radical (unpaired) electrons. The fourth-order valence-electron chi connectivity index (χ4n) is 6.19. The summed E-state index contributed by atoms with van der Waals surface area (Å²) in [5.41, 5.74) is 11.3. The minimum absolute atomic E-state index is 0. The van der Waals surface area contributed by atoms with E-state index in [2.05, 4.69) is 117 Å². The van der Waals surface area contributed by atoms with E-state index in [1.807, 2.05) is 62.6 Å². The summed E-state index contributed by atoms with van der Waals surface area (Å²) >= 11 is 1.80. The van der Waals surface area contributed by atoms with Crippen LogP contribution in [0.2, 0.25) is 19.6 Å². The molecule has 245 valence electrons. The van der Waals surface area contributed by atoms with E-state index in [-0.39, 0.29) is 20.1 Å². The van der Waals surface area contributed by atoms with Crippen LogP contribution < -0.4 is 5.19 Å². The molecule has 0 atom stereocenters. The molecule has 0 aliphatic heterocycles.